The van der Waals surface area contributed by atoms with Gasteiger partial charge in [0.25, 0.3) is 5.91 Å². The van der Waals surface area contributed by atoms with Gasteiger partial charge in [-0.05, 0) is 34.7 Å². The van der Waals surface area contributed by atoms with Crippen molar-refractivity contribution in [1.29, 1.82) is 0 Å². The number of nitrogens with zero attached hydrogens (tertiary/aromatic N) is 4. The van der Waals surface area contributed by atoms with E-state index in [1.165, 1.54) is 11.0 Å². The summed E-state index contributed by atoms with van der Waals surface area (Å²) < 4.78 is 1.50. The van der Waals surface area contributed by atoms with Crippen molar-refractivity contribution >= 4 is 17.5 Å². The zero-order chi connectivity index (χ0) is 13.0. The third-order valence-electron chi connectivity index (χ3n) is 2.18. The molecule has 0 aliphatic rings. The van der Waals surface area contributed by atoms with Crippen LogP contribution in [0.15, 0.2) is 42.2 Å². The summed E-state index contributed by atoms with van der Waals surface area (Å²) in [6.45, 7) is 3.74. The maximum Gasteiger partial charge on any atom is 0.251 e. The van der Waals surface area contributed by atoms with Gasteiger partial charge in [-0.25, -0.2) is 4.68 Å². The molecule has 6 nitrogen and oxygen atoms in total. The average Bonchev–Trinajstić information content (AvgIpc) is 2.90. The second kappa shape index (κ2) is 5.42. The third-order valence-corrected chi connectivity index (χ3v) is 2.32. The maximum atomic E-state index is 11.7. The molecule has 0 saturated heterocycles. The lowest BCUT2D eigenvalue weighted by molar-refractivity contribution is 0.0957. The summed E-state index contributed by atoms with van der Waals surface area (Å²) in [5.41, 5.74) is 1.31. The molecule has 2 rings (SSSR count). The molecular weight excluding hydrogens is 254 g/mol. The number of hydrogen-bond donors (Lipinski definition) is 1. The van der Waals surface area contributed by atoms with Gasteiger partial charge in [0.15, 0.2) is 0 Å². The number of amides is 1. The van der Waals surface area contributed by atoms with Crippen molar-refractivity contribution < 1.29 is 4.79 Å². The largest absolute Gasteiger partial charge is 0.347 e. The lowest BCUT2D eigenvalue weighted by Gasteiger charge is -2.04. The maximum absolute atomic E-state index is 11.7. The first kappa shape index (κ1) is 12.3. The van der Waals surface area contributed by atoms with Gasteiger partial charge in [0, 0.05) is 10.6 Å². The number of aromatic nitrogens is 4. The van der Waals surface area contributed by atoms with Crippen molar-refractivity contribution in [3.05, 3.63) is 47.8 Å². The molecule has 0 bridgehead atoms. The van der Waals surface area contributed by atoms with Crippen molar-refractivity contribution in [2.45, 2.75) is 0 Å². The Morgan fingerprint density at radius 1 is 1.39 bits per heavy atom. The fourth-order valence-corrected chi connectivity index (χ4v) is 1.39. The van der Waals surface area contributed by atoms with E-state index in [1.54, 1.807) is 24.3 Å². The lowest BCUT2D eigenvalue weighted by atomic mass is 10.2. The van der Waals surface area contributed by atoms with E-state index in [-0.39, 0.29) is 12.5 Å². The van der Waals surface area contributed by atoms with Crippen LogP contribution in [0.25, 0.3) is 5.69 Å². The molecule has 0 spiro atoms. The van der Waals surface area contributed by atoms with Gasteiger partial charge in [0.2, 0.25) is 0 Å². The molecule has 0 aliphatic heterocycles. The first-order valence-electron chi connectivity index (χ1n) is 5.12. The van der Waals surface area contributed by atoms with Gasteiger partial charge in [-0.15, -0.1) is 5.10 Å². The van der Waals surface area contributed by atoms with Gasteiger partial charge in [0.05, 0.1) is 12.2 Å². The van der Waals surface area contributed by atoms with Gasteiger partial charge < -0.3 is 5.32 Å². The van der Waals surface area contributed by atoms with Gasteiger partial charge >= 0.3 is 0 Å². The molecule has 1 heterocycles. The molecule has 0 saturated carbocycles. The minimum Gasteiger partial charge on any atom is -0.347 e. The number of hydrogen-bond acceptors (Lipinski definition) is 4. The summed E-state index contributed by atoms with van der Waals surface area (Å²) in [4.78, 5) is 11.7. The van der Waals surface area contributed by atoms with Crippen LogP contribution in [0, 0.1) is 0 Å². The smallest absolute Gasteiger partial charge is 0.251 e. The van der Waals surface area contributed by atoms with Crippen molar-refractivity contribution in [2.75, 3.05) is 6.54 Å². The molecular formula is C11H10ClN5O. The van der Waals surface area contributed by atoms with Crippen LogP contribution in [0.5, 0.6) is 0 Å². The highest BCUT2D eigenvalue weighted by Crippen LogP contribution is 2.07. The first-order chi connectivity index (χ1) is 8.66. The summed E-state index contributed by atoms with van der Waals surface area (Å²) in [5, 5.41) is 13.8. The molecule has 92 valence electrons. The standard InChI is InChI=1S/C11H10ClN5O/c1-8(12)6-13-11(18)9-2-4-10(5-3-9)17-7-14-15-16-17/h2-5,7H,1,6H2,(H,13,18). The molecule has 7 heteroatoms. The van der Waals surface area contributed by atoms with E-state index in [1.807, 2.05) is 0 Å². The number of carbonyl (C=O) groups excluding carboxylic acids is 1. The van der Waals surface area contributed by atoms with Crippen LogP contribution in [0.4, 0.5) is 0 Å². The summed E-state index contributed by atoms with van der Waals surface area (Å²) >= 11 is 5.57. The molecule has 1 aromatic heterocycles. The van der Waals surface area contributed by atoms with Crippen molar-refractivity contribution in [3.8, 4) is 5.69 Å². The van der Waals surface area contributed by atoms with Crippen molar-refractivity contribution in [3.63, 3.8) is 0 Å². The zero-order valence-electron chi connectivity index (χ0n) is 9.38. The number of halogens is 1. The van der Waals surface area contributed by atoms with E-state index >= 15 is 0 Å². The van der Waals surface area contributed by atoms with Crippen LogP contribution < -0.4 is 5.32 Å². The lowest BCUT2D eigenvalue weighted by Crippen LogP contribution is -2.24. The van der Waals surface area contributed by atoms with Crippen LogP contribution >= 0.6 is 11.6 Å². The Bertz CT molecular complexity index is 549. The number of rotatable bonds is 4. The highest BCUT2D eigenvalue weighted by molar-refractivity contribution is 6.29. The molecule has 1 amide bonds. The normalized spacial score (nSPS) is 10.1. The van der Waals surface area contributed by atoms with Crippen molar-refractivity contribution in [1.82, 2.24) is 25.5 Å². The second-order valence-electron chi connectivity index (χ2n) is 3.50. The Morgan fingerprint density at radius 2 is 2.11 bits per heavy atom. The average molecular weight is 264 g/mol. The first-order valence-corrected chi connectivity index (χ1v) is 5.49. The summed E-state index contributed by atoms with van der Waals surface area (Å²) in [5.74, 6) is -0.208. The predicted octanol–water partition coefficient (Wildman–Crippen LogP) is 1.14. The number of nitrogens with one attached hydrogen (secondary N) is 1. The van der Waals surface area contributed by atoms with Crippen LogP contribution in [-0.4, -0.2) is 32.7 Å². The minimum atomic E-state index is -0.208. The van der Waals surface area contributed by atoms with Crippen LogP contribution in [0.1, 0.15) is 10.4 Å². The Morgan fingerprint density at radius 3 is 2.67 bits per heavy atom. The molecule has 2 aromatic rings. The van der Waals surface area contributed by atoms with E-state index < -0.39 is 0 Å². The summed E-state index contributed by atoms with van der Waals surface area (Å²) in [6.07, 6.45) is 1.48. The topological polar surface area (TPSA) is 72.7 Å². The number of carbonyl (C=O) groups is 1. The fraction of sp³-hybridized carbons (Fsp3) is 0.0909. The molecule has 18 heavy (non-hydrogen) atoms. The van der Waals surface area contributed by atoms with E-state index in [9.17, 15) is 4.79 Å². The molecule has 0 unspecified atom stereocenters. The Labute approximate surface area is 108 Å². The molecule has 0 radical (unpaired) electrons. The Hall–Kier alpha value is -2.21. The molecule has 0 atom stereocenters. The number of tetrazole rings is 1. The van der Waals surface area contributed by atoms with Gasteiger partial charge in [-0.2, -0.15) is 0 Å². The Balaban J connectivity index is 2.08. The highest BCUT2D eigenvalue weighted by atomic mass is 35.5. The fourth-order valence-electron chi connectivity index (χ4n) is 1.32. The van der Waals surface area contributed by atoms with E-state index in [0.29, 0.717) is 10.6 Å². The van der Waals surface area contributed by atoms with Gasteiger partial charge in [-0.1, -0.05) is 18.2 Å². The quantitative estimate of drug-likeness (QED) is 0.898. The predicted molar refractivity (Wildman–Crippen MR) is 66.5 cm³/mol. The highest BCUT2D eigenvalue weighted by Gasteiger charge is 2.05. The van der Waals surface area contributed by atoms with Crippen LogP contribution in [0.3, 0.4) is 0 Å². The van der Waals surface area contributed by atoms with Crippen LogP contribution in [-0.2, 0) is 0 Å². The molecule has 0 aliphatic carbocycles. The summed E-state index contributed by atoms with van der Waals surface area (Å²) in [6, 6.07) is 6.87. The Kier molecular flexibility index (Phi) is 3.69. The monoisotopic (exact) mass is 263 g/mol. The molecule has 1 aromatic carbocycles. The third kappa shape index (κ3) is 2.92. The van der Waals surface area contributed by atoms with Gasteiger partial charge in [0.1, 0.15) is 6.33 Å². The van der Waals surface area contributed by atoms with Crippen LogP contribution in [0.2, 0.25) is 0 Å². The van der Waals surface area contributed by atoms with Gasteiger partial charge in [-0.3, -0.25) is 4.79 Å². The van der Waals surface area contributed by atoms with Crippen molar-refractivity contribution in [2.24, 2.45) is 0 Å². The molecule has 1 N–H and O–H groups in total. The van der Waals surface area contributed by atoms with E-state index in [2.05, 4.69) is 27.4 Å². The van der Waals surface area contributed by atoms with E-state index in [0.717, 1.165) is 5.69 Å². The SMILES string of the molecule is C=C(Cl)CNC(=O)c1ccc(-n2cnnn2)cc1. The van der Waals surface area contributed by atoms with E-state index in [4.69, 9.17) is 11.6 Å². The number of benzene rings is 1. The second-order valence-corrected chi connectivity index (χ2v) is 4.04. The molecule has 0 fully saturated rings. The summed E-state index contributed by atoms with van der Waals surface area (Å²) in [7, 11) is 0. The minimum absolute atomic E-state index is 0.208. The zero-order valence-corrected chi connectivity index (χ0v) is 10.1.